The molecule has 0 aromatic carbocycles. The lowest BCUT2D eigenvalue weighted by molar-refractivity contribution is -0.203. The quantitative estimate of drug-likeness (QED) is 0.288. The second-order valence-electron chi connectivity index (χ2n) is 14.8. The molecular formula is C31H55NO6S. The summed E-state index contributed by atoms with van der Waals surface area (Å²) in [4.78, 5) is 12.8. The van der Waals surface area contributed by atoms with Crippen LogP contribution in [0.25, 0.3) is 0 Å². The number of carbonyl (C=O) groups excluding carboxylic acids is 1. The number of fused-ring (bicyclic) bond motifs is 5. The van der Waals surface area contributed by atoms with Crippen LogP contribution in [0.15, 0.2) is 0 Å². The van der Waals surface area contributed by atoms with Gasteiger partial charge in [0.15, 0.2) is 0 Å². The van der Waals surface area contributed by atoms with E-state index in [9.17, 15) is 28.0 Å². The minimum Gasteiger partial charge on any atom is -0.393 e. The fourth-order valence-electron chi connectivity index (χ4n) is 10.4. The highest BCUT2D eigenvalue weighted by Gasteiger charge is 2.64. The SMILES string of the molecule is CC[C@H]1[C@@H](O)[C@@H]2[C@H](CC[C@]3(C)[C@@H]([C@H](C)CCC(=O)N[C@H](CS(=O)(=O)O)C(C)C)CC[C@@H]23)[C@@]2(C)CC[C@@H](O)C[C@@H]12. The van der Waals surface area contributed by atoms with Crippen molar-refractivity contribution in [3.05, 3.63) is 0 Å². The average molecular weight is 570 g/mol. The number of carbonyl (C=O) groups is 1. The third kappa shape index (κ3) is 5.96. The standard InChI is InChI=1S/C31H55NO6S/c1-7-21-25-16-20(33)12-14-31(25,6)24-13-15-30(5)22(9-10-23(30)28(24)29(21)35)19(4)8-11-27(34)32-26(18(2)3)17-39(36,37)38/h18-26,28-29,33,35H,7-17H2,1-6H3,(H,32,34)(H,36,37,38)/t19-,20-,21-,22-,23+,24+,25+,26-,28+,29-,30-,31-/m1/s1. The van der Waals surface area contributed by atoms with Crippen LogP contribution >= 0.6 is 0 Å². The van der Waals surface area contributed by atoms with E-state index >= 15 is 0 Å². The summed E-state index contributed by atoms with van der Waals surface area (Å²) in [6, 6.07) is -0.600. The summed E-state index contributed by atoms with van der Waals surface area (Å²) < 4.78 is 32.0. The molecule has 0 saturated heterocycles. The molecule has 0 unspecified atom stereocenters. The predicted molar refractivity (Wildman–Crippen MR) is 153 cm³/mol. The van der Waals surface area contributed by atoms with Gasteiger partial charge in [0.25, 0.3) is 10.1 Å². The molecule has 39 heavy (non-hydrogen) atoms. The molecule has 8 heteroatoms. The van der Waals surface area contributed by atoms with E-state index in [2.05, 4.69) is 33.0 Å². The lowest BCUT2D eigenvalue weighted by Gasteiger charge is -2.64. The highest BCUT2D eigenvalue weighted by atomic mass is 32.2. The van der Waals surface area contributed by atoms with E-state index in [1.165, 1.54) is 0 Å². The molecule has 0 aromatic heterocycles. The van der Waals surface area contributed by atoms with E-state index in [-0.39, 0.29) is 40.8 Å². The molecule has 4 saturated carbocycles. The number of amides is 1. The molecule has 4 rings (SSSR count). The Morgan fingerprint density at radius 2 is 1.62 bits per heavy atom. The Hall–Kier alpha value is -0.700. The van der Waals surface area contributed by atoms with Crippen LogP contribution < -0.4 is 5.32 Å². The minimum absolute atomic E-state index is 0.0965. The normalized spacial score (nSPS) is 43.7. The Kier molecular flexibility index (Phi) is 9.23. The van der Waals surface area contributed by atoms with Crippen LogP contribution in [-0.2, 0) is 14.9 Å². The van der Waals surface area contributed by atoms with Gasteiger partial charge in [0.1, 0.15) is 0 Å². The fourth-order valence-corrected chi connectivity index (χ4v) is 11.3. The Labute approximate surface area is 237 Å². The molecule has 7 nitrogen and oxygen atoms in total. The van der Waals surface area contributed by atoms with Crippen LogP contribution in [0.4, 0.5) is 0 Å². The molecule has 226 valence electrons. The summed E-state index contributed by atoms with van der Waals surface area (Å²) in [5, 5.41) is 25.2. The van der Waals surface area contributed by atoms with E-state index in [4.69, 9.17) is 0 Å². The van der Waals surface area contributed by atoms with Crippen molar-refractivity contribution in [3.8, 4) is 0 Å². The first kappa shape index (κ1) is 31.2. The summed E-state index contributed by atoms with van der Waals surface area (Å²) in [5.41, 5.74) is 0.348. The zero-order valence-corrected chi connectivity index (χ0v) is 25.9. The maximum atomic E-state index is 12.8. The van der Waals surface area contributed by atoms with Crippen molar-refractivity contribution in [3.63, 3.8) is 0 Å². The number of nitrogens with one attached hydrogen (secondary N) is 1. The van der Waals surface area contributed by atoms with E-state index in [0.29, 0.717) is 41.9 Å². The average Bonchev–Trinajstić information content (AvgIpc) is 3.20. The minimum atomic E-state index is -4.16. The second-order valence-corrected chi connectivity index (χ2v) is 16.3. The summed E-state index contributed by atoms with van der Waals surface area (Å²) in [5.74, 6) is 2.13. The fraction of sp³-hybridized carbons (Fsp3) is 0.968. The lowest BCUT2D eigenvalue weighted by atomic mass is 9.41. The molecule has 0 aromatic rings. The molecule has 4 fully saturated rings. The first-order chi connectivity index (χ1) is 18.1. The third-order valence-corrected chi connectivity index (χ3v) is 13.3. The van der Waals surface area contributed by atoms with Gasteiger partial charge in [-0.2, -0.15) is 8.42 Å². The largest absolute Gasteiger partial charge is 0.393 e. The lowest BCUT2D eigenvalue weighted by Crippen LogP contribution is -2.62. The zero-order chi connectivity index (χ0) is 28.9. The number of aliphatic hydroxyl groups excluding tert-OH is 2. The Bertz CT molecular complexity index is 986. The molecule has 0 heterocycles. The van der Waals surface area contributed by atoms with Crippen LogP contribution in [0.2, 0.25) is 0 Å². The van der Waals surface area contributed by atoms with Gasteiger partial charge < -0.3 is 15.5 Å². The third-order valence-electron chi connectivity index (χ3n) is 12.5. The highest BCUT2D eigenvalue weighted by Crippen LogP contribution is 2.69. The maximum absolute atomic E-state index is 12.8. The molecule has 0 aliphatic heterocycles. The Balaban J connectivity index is 1.44. The van der Waals surface area contributed by atoms with Gasteiger partial charge in [0.05, 0.1) is 18.0 Å². The van der Waals surface area contributed by atoms with Crippen LogP contribution in [-0.4, -0.2) is 53.1 Å². The van der Waals surface area contributed by atoms with E-state index in [1.54, 1.807) is 0 Å². The number of aliphatic hydroxyl groups is 2. The number of hydrogen-bond donors (Lipinski definition) is 4. The number of rotatable bonds is 9. The van der Waals surface area contributed by atoms with Gasteiger partial charge in [-0.3, -0.25) is 9.35 Å². The van der Waals surface area contributed by atoms with Crippen LogP contribution in [0, 0.1) is 58.2 Å². The van der Waals surface area contributed by atoms with Crippen molar-refractivity contribution in [1.82, 2.24) is 5.32 Å². The van der Waals surface area contributed by atoms with Crippen molar-refractivity contribution < 1.29 is 28.0 Å². The van der Waals surface area contributed by atoms with Crippen molar-refractivity contribution >= 4 is 16.0 Å². The summed E-state index contributed by atoms with van der Waals surface area (Å²) in [6.45, 7) is 13.1. The highest BCUT2D eigenvalue weighted by molar-refractivity contribution is 7.85. The van der Waals surface area contributed by atoms with Crippen molar-refractivity contribution in [2.45, 2.75) is 124 Å². The molecule has 0 bridgehead atoms. The zero-order valence-electron chi connectivity index (χ0n) is 25.1. The van der Waals surface area contributed by atoms with E-state index in [1.807, 2.05) is 13.8 Å². The molecular weight excluding hydrogens is 514 g/mol. The second kappa shape index (κ2) is 11.5. The molecule has 0 radical (unpaired) electrons. The molecule has 12 atom stereocenters. The van der Waals surface area contributed by atoms with Gasteiger partial charge in [-0.15, -0.1) is 0 Å². The van der Waals surface area contributed by atoms with Gasteiger partial charge in [0, 0.05) is 12.5 Å². The van der Waals surface area contributed by atoms with E-state index < -0.39 is 21.9 Å². The van der Waals surface area contributed by atoms with Crippen LogP contribution in [0.5, 0.6) is 0 Å². The first-order valence-corrected chi connectivity index (χ1v) is 17.3. The summed E-state index contributed by atoms with van der Waals surface area (Å²) in [7, 11) is -4.16. The smallest absolute Gasteiger partial charge is 0.266 e. The van der Waals surface area contributed by atoms with Gasteiger partial charge in [-0.1, -0.05) is 48.0 Å². The van der Waals surface area contributed by atoms with Gasteiger partial charge in [-0.25, -0.2) is 0 Å². The van der Waals surface area contributed by atoms with E-state index in [0.717, 1.165) is 57.8 Å². The maximum Gasteiger partial charge on any atom is 0.266 e. The summed E-state index contributed by atoms with van der Waals surface area (Å²) in [6.07, 6.45) is 8.89. The molecule has 4 aliphatic carbocycles. The van der Waals surface area contributed by atoms with Crippen LogP contribution in [0.3, 0.4) is 0 Å². The van der Waals surface area contributed by atoms with Crippen molar-refractivity contribution in [2.24, 2.45) is 58.2 Å². The molecule has 4 aliphatic rings. The Morgan fingerprint density at radius 1 is 0.974 bits per heavy atom. The molecule has 4 N–H and O–H groups in total. The monoisotopic (exact) mass is 569 g/mol. The van der Waals surface area contributed by atoms with Crippen LogP contribution in [0.1, 0.15) is 106 Å². The first-order valence-electron chi connectivity index (χ1n) is 15.7. The molecule has 1 amide bonds. The number of hydrogen-bond acceptors (Lipinski definition) is 5. The topological polar surface area (TPSA) is 124 Å². The van der Waals surface area contributed by atoms with Gasteiger partial charge in [0.2, 0.25) is 5.91 Å². The summed E-state index contributed by atoms with van der Waals surface area (Å²) >= 11 is 0. The van der Waals surface area contributed by atoms with Gasteiger partial charge >= 0.3 is 0 Å². The Morgan fingerprint density at radius 3 is 2.23 bits per heavy atom. The predicted octanol–water partition coefficient (Wildman–Crippen LogP) is 5.06. The van der Waals surface area contributed by atoms with Crippen molar-refractivity contribution in [2.75, 3.05) is 5.75 Å². The van der Waals surface area contributed by atoms with Gasteiger partial charge in [-0.05, 0) is 110 Å². The molecule has 0 spiro atoms. The van der Waals surface area contributed by atoms with Crippen molar-refractivity contribution in [1.29, 1.82) is 0 Å².